The Morgan fingerprint density at radius 3 is 2.21 bits per heavy atom. The van der Waals surface area contributed by atoms with E-state index in [0.717, 1.165) is 21.8 Å². The zero-order valence-corrected chi connectivity index (χ0v) is 13.2. The van der Waals surface area contributed by atoms with Gasteiger partial charge >= 0.3 is 5.97 Å². The third kappa shape index (κ3) is 1.98. The standard InChI is InChI=1S/C19H14N2O3/c1-11(22)21-16-10-6-5-9-15(16)17-18(21)13-7-3-4-8-14(13)19(20-17)24-12(2)23/h3-10H,1-2H3. The van der Waals surface area contributed by atoms with Gasteiger partial charge in [-0.1, -0.05) is 36.4 Å². The van der Waals surface area contributed by atoms with E-state index in [9.17, 15) is 9.59 Å². The molecular weight excluding hydrogens is 304 g/mol. The molecule has 0 radical (unpaired) electrons. The first kappa shape index (κ1) is 14.4. The number of carbonyl (C=O) groups is 2. The van der Waals surface area contributed by atoms with Crippen molar-refractivity contribution in [1.82, 2.24) is 9.55 Å². The summed E-state index contributed by atoms with van der Waals surface area (Å²) < 4.78 is 6.97. The molecule has 5 nitrogen and oxygen atoms in total. The summed E-state index contributed by atoms with van der Waals surface area (Å²) in [6, 6.07) is 15.1. The van der Waals surface area contributed by atoms with Gasteiger partial charge in [-0.15, -0.1) is 0 Å². The third-order valence-electron chi connectivity index (χ3n) is 4.03. The van der Waals surface area contributed by atoms with Crippen LogP contribution in [0, 0.1) is 0 Å². The molecule has 118 valence electrons. The van der Waals surface area contributed by atoms with E-state index >= 15 is 0 Å². The van der Waals surface area contributed by atoms with Crippen LogP contribution in [0.1, 0.15) is 18.6 Å². The number of esters is 1. The number of fused-ring (bicyclic) bond motifs is 5. The summed E-state index contributed by atoms with van der Waals surface area (Å²) in [6.07, 6.45) is 0. The summed E-state index contributed by atoms with van der Waals surface area (Å²) in [4.78, 5) is 28.3. The van der Waals surface area contributed by atoms with E-state index in [1.165, 1.54) is 13.8 Å². The molecule has 0 aliphatic carbocycles. The maximum atomic E-state index is 12.3. The van der Waals surface area contributed by atoms with Crippen molar-refractivity contribution in [2.24, 2.45) is 0 Å². The number of hydrogen-bond donors (Lipinski definition) is 0. The summed E-state index contributed by atoms with van der Waals surface area (Å²) in [6.45, 7) is 2.88. The van der Waals surface area contributed by atoms with E-state index in [0.29, 0.717) is 10.9 Å². The van der Waals surface area contributed by atoms with Crippen molar-refractivity contribution in [2.45, 2.75) is 13.8 Å². The second-order valence-corrected chi connectivity index (χ2v) is 5.62. The fourth-order valence-corrected chi connectivity index (χ4v) is 3.16. The van der Waals surface area contributed by atoms with Gasteiger partial charge in [-0.2, -0.15) is 0 Å². The molecule has 24 heavy (non-hydrogen) atoms. The van der Waals surface area contributed by atoms with Gasteiger partial charge in [0, 0.05) is 30.0 Å². The number of aromatic nitrogens is 2. The normalized spacial score (nSPS) is 11.2. The number of pyridine rings is 1. The summed E-state index contributed by atoms with van der Waals surface area (Å²) in [5, 5.41) is 2.37. The molecule has 0 bridgehead atoms. The average Bonchev–Trinajstić information content (AvgIpc) is 2.89. The average molecular weight is 318 g/mol. The van der Waals surface area contributed by atoms with Gasteiger partial charge in [0.25, 0.3) is 0 Å². The number of benzene rings is 2. The van der Waals surface area contributed by atoms with E-state index < -0.39 is 5.97 Å². The van der Waals surface area contributed by atoms with Crippen LogP contribution in [0.5, 0.6) is 5.88 Å². The Morgan fingerprint density at radius 2 is 1.54 bits per heavy atom. The zero-order valence-electron chi connectivity index (χ0n) is 13.2. The maximum Gasteiger partial charge on any atom is 0.309 e. The molecule has 0 aliphatic rings. The minimum atomic E-state index is -0.428. The van der Waals surface area contributed by atoms with Gasteiger partial charge < -0.3 is 4.74 Å². The van der Waals surface area contributed by atoms with Gasteiger partial charge in [0.1, 0.15) is 5.52 Å². The van der Waals surface area contributed by atoms with E-state index in [2.05, 4.69) is 4.98 Å². The second kappa shape index (κ2) is 5.16. The lowest BCUT2D eigenvalue weighted by molar-refractivity contribution is -0.132. The molecule has 0 unspecified atom stereocenters. The molecular formula is C19H14N2O3. The van der Waals surface area contributed by atoms with Crippen molar-refractivity contribution >= 4 is 44.6 Å². The van der Waals surface area contributed by atoms with Crippen molar-refractivity contribution in [3.05, 3.63) is 48.5 Å². The van der Waals surface area contributed by atoms with Crippen molar-refractivity contribution in [3.8, 4) is 5.88 Å². The molecule has 0 N–H and O–H groups in total. The van der Waals surface area contributed by atoms with Crippen LogP contribution in [-0.2, 0) is 4.79 Å². The van der Waals surface area contributed by atoms with Gasteiger partial charge in [-0.3, -0.25) is 14.2 Å². The molecule has 2 aromatic heterocycles. The first-order valence-electron chi connectivity index (χ1n) is 7.59. The maximum absolute atomic E-state index is 12.3. The Balaban J connectivity index is 2.29. The van der Waals surface area contributed by atoms with Crippen molar-refractivity contribution in [3.63, 3.8) is 0 Å². The monoisotopic (exact) mass is 318 g/mol. The number of nitrogens with zero attached hydrogens (tertiary/aromatic N) is 2. The van der Waals surface area contributed by atoms with Crippen molar-refractivity contribution < 1.29 is 14.3 Å². The highest BCUT2D eigenvalue weighted by molar-refractivity contribution is 6.20. The van der Waals surface area contributed by atoms with E-state index in [-0.39, 0.29) is 11.8 Å². The van der Waals surface area contributed by atoms with E-state index in [4.69, 9.17) is 4.74 Å². The fourth-order valence-electron chi connectivity index (χ4n) is 3.16. The first-order valence-corrected chi connectivity index (χ1v) is 7.59. The Bertz CT molecular complexity index is 1140. The smallest absolute Gasteiger partial charge is 0.309 e. The van der Waals surface area contributed by atoms with Crippen LogP contribution in [0.25, 0.3) is 32.7 Å². The summed E-state index contributed by atoms with van der Waals surface area (Å²) in [7, 11) is 0. The van der Waals surface area contributed by atoms with Crippen LogP contribution in [0.2, 0.25) is 0 Å². The lowest BCUT2D eigenvalue weighted by atomic mass is 10.1. The van der Waals surface area contributed by atoms with Crippen molar-refractivity contribution in [2.75, 3.05) is 0 Å². The second-order valence-electron chi connectivity index (χ2n) is 5.62. The van der Waals surface area contributed by atoms with Crippen molar-refractivity contribution in [1.29, 1.82) is 0 Å². The summed E-state index contributed by atoms with van der Waals surface area (Å²) >= 11 is 0. The predicted molar refractivity (Wildman–Crippen MR) is 92.4 cm³/mol. The summed E-state index contributed by atoms with van der Waals surface area (Å²) in [5.41, 5.74) is 2.17. The third-order valence-corrected chi connectivity index (χ3v) is 4.03. The number of ether oxygens (including phenoxy) is 1. The first-order chi connectivity index (χ1) is 11.6. The zero-order chi connectivity index (χ0) is 16.8. The van der Waals surface area contributed by atoms with Gasteiger partial charge in [-0.25, -0.2) is 4.98 Å². The van der Waals surface area contributed by atoms with Gasteiger partial charge in [0.05, 0.1) is 11.0 Å². The van der Waals surface area contributed by atoms with Gasteiger partial charge in [0.15, 0.2) is 0 Å². The Morgan fingerprint density at radius 1 is 0.917 bits per heavy atom. The minimum absolute atomic E-state index is 0.0895. The molecule has 0 amide bonds. The lowest BCUT2D eigenvalue weighted by Crippen LogP contribution is -2.07. The molecule has 0 atom stereocenters. The number of rotatable bonds is 1. The molecule has 0 fully saturated rings. The van der Waals surface area contributed by atoms with Gasteiger partial charge in [0.2, 0.25) is 11.8 Å². The van der Waals surface area contributed by atoms with E-state index in [1.54, 1.807) is 4.57 Å². The molecule has 0 spiro atoms. The number of carbonyl (C=O) groups excluding carboxylic acids is 2. The summed E-state index contributed by atoms with van der Waals surface area (Å²) in [5.74, 6) is -0.257. The molecule has 0 aliphatic heterocycles. The fraction of sp³-hybridized carbons (Fsp3) is 0.105. The van der Waals surface area contributed by atoms with E-state index in [1.807, 2.05) is 48.5 Å². The topological polar surface area (TPSA) is 61.2 Å². The molecule has 2 aromatic carbocycles. The van der Waals surface area contributed by atoms with Crippen LogP contribution >= 0.6 is 0 Å². The molecule has 2 heterocycles. The lowest BCUT2D eigenvalue weighted by Gasteiger charge is -2.08. The number of para-hydroxylation sites is 1. The van der Waals surface area contributed by atoms with Crippen LogP contribution in [-0.4, -0.2) is 21.4 Å². The van der Waals surface area contributed by atoms with Crippen LogP contribution in [0.3, 0.4) is 0 Å². The SMILES string of the molecule is CC(=O)Oc1nc2c3ccccc3n(C(C)=O)c2c2ccccc12. The van der Waals surface area contributed by atoms with Gasteiger partial charge in [-0.05, 0) is 12.1 Å². The molecule has 0 saturated carbocycles. The quantitative estimate of drug-likeness (QED) is 0.499. The number of hydrogen-bond acceptors (Lipinski definition) is 4. The highest BCUT2D eigenvalue weighted by Crippen LogP contribution is 2.36. The molecule has 0 saturated heterocycles. The van der Waals surface area contributed by atoms with Crippen LogP contribution in [0.15, 0.2) is 48.5 Å². The Kier molecular flexibility index (Phi) is 3.09. The molecule has 4 aromatic rings. The van der Waals surface area contributed by atoms with Crippen LogP contribution in [0.4, 0.5) is 0 Å². The highest BCUT2D eigenvalue weighted by Gasteiger charge is 2.20. The molecule has 5 heteroatoms. The Hall–Kier alpha value is -3.21. The van der Waals surface area contributed by atoms with Crippen LogP contribution < -0.4 is 4.74 Å². The largest absolute Gasteiger partial charge is 0.407 e. The molecule has 4 rings (SSSR count). The predicted octanol–water partition coefficient (Wildman–Crippen LogP) is 3.93. The Labute approximate surface area is 137 Å². The minimum Gasteiger partial charge on any atom is -0.407 e. The highest BCUT2D eigenvalue weighted by atomic mass is 16.5.